The number of hydrogen-bond donors (Lipinski definition) is 1. The molecule has 4 nitrogen and oxygen atoms in total. The summed E-state index contributed by atoms with van der Waals surface area (Å²) in [6, 6.07) is 16.9. The zero-order chi connectivity index (χ0) is 16.5. The number of carbonyl (C=O) groups is 1. The number of amides is 2. The number of para-hydroxylation sites is 2. The van der Waals surface area contributed by atoms with Crippen molar-refractivity contribution in [1.29, 1.82) is 0 Å². The molecule has 0 aromatic heterocycles. The number of benzene rings is 2. The lowest BCUT2D eigenvalue weighted by atomic mass is 10.3. The van der Waals surface area contributed by atoms with Crippen LogP contribution in [0, 0.1) is 0 Å². The number of ether oxygens (including phenoxy) is 1. The Balaban J connectivity index is 1.73. The monoisotopic (exact) mass is 332 g/mol. The van der Waals surface area contributed by atoms with Gasteiger partial charge in [-0.05, 0) is 37.6 Å². The minimum atomic E-state index is -0.101. The van der Waals surface area contributed by atoms with Crippen molar-refractivity contribution >= 4 is 23.3 Å². The lowest BCUT2D eigenvalue weighted by Gasteiger charge is -2.21. The number of halogens is 1. The van der Waals surface area contributed by atoms with Crippen molar-refractivity contribution in [2.75, 3.05) is 24.6 Å². The highest BCUT2D eigenvalue weighted by molar-refractivity contribution is 6.32. The molecule has 5 heteroatoms. The predicted octanol–water partition coefficient (Wildman–Crippen LogP) is 4.35. The Morgan fingerprint density at radius 3 is 2.52 bits per heavy atom. The predicted molar refractivity (Wildman–Crippen MR) is 94.4 cm³/mol. The van der Waals surface area contributed by atoms with E-state index in [9.17, 15) is 4.79 Å². The molecule has 1 N–H and O–H groups in total. The third kappa shape index (κ3) is 5.18. The Bertz CT molecular complexity index is 619. The van der Waals surface area contributed by atoms with E-state index in [0.717, 1.165) is 5.69 Å². The summed E-state index contributed by atoms with van der Waals surface area (Å²) < 4.78 is 5.59. The van der Waals surface area contributed by atoms with Gasteiger partial charge in [0.15, 0.2) is 0 Å². The third-order valence-electron chi connectivity index (χ3n) is 3.32. The topological polar surface area (TPSA) is 41.6 Å². The van der Waals surface area contributed by atoms with Crippen LogP contribution >= 0.6 is 11.6 Å². The quantitative estimate of drug-likeness (QED) is 0.766. The Hall–Kier alpha value is -2.20. The van der Waals surface area contributed by atoms with Crippen LogP contribution in [-0.2, 0) is 0 Å². The standard InChI is InChI=1S/C18H21ClN2O2/c1-2-21(15-9-4-3-5-10-15)18(22)20-13-8-14-23-17-12-7-6-11-16(17)19/h3-7,9-12H,2,8,13-14H2,1H3,(H,20,22). The van der Waals surface area contributed by atoms with Crippen LogP contribution < -0.4 is 15.0 Å². The average Bonchev–Trinajstić information content (AvgIpc) is 2.58. The van der Waals surface area contributed by atoms with E-state index < -0.39 is 0 Å². The molecule has 0 fully saturated rings. The molecule has 23 heavy (non-hydrogen) atoms. The van der Waals surface area contributed by atoms with Crippen molar-refractivity contribution in [3.63, 3.8) is 0 Å². The molecular weight excluding hydrogens is 312 g/mol. The summed E-state index contributed by atoms with van der Waals surface area (Å²) in [5.74, 6) is 0.667. The van der Waals surface area contributed by atoms with Gasteiger partial charge in [0.1, 0.15) is 5.75 Å². The normalized spacial score (nSPS) is 10.2. The van der Waals surface area contributed by atoms with Crippen LogP contribution in [0.25, 0.3) is 0 Å². The van der Waals surface area contributed by atoms with Gasteiger partial charge in [-0.1, -0.05) is 41.9 Å². The number of carbonyl (C=O) groups excluding carboxylic acids is 1. The van der Waals surface area contributed by atoms with Crippen molar-refractivity contribution in [2.45, 2.75) is 13.3 Å². The van der Waals surface area contributed by atoms with E-state index in [2.05, 4.69) is 5.32 Å². The molecule has 0 aliphatic rings. The SMILES string of the molecule is CCN(C(=O)NCCCOc1ccccc1Cl)c1ccccc1. The first-order valence-corrected chi connectivity index (χ1v) is 8.08. The van der Waals surface area contributed by atoms with Gasteiger partial charge in [0.2, 0.25) is 0 Å². The number of anilines is 1. The van der Waals surface area contributed by atoms with Gasteiger partial charge in [-0.25, -0.2) is 4.79 Å². The number of nitrogens with zero attached hydrogens (tertiary/aromatic N) is 1. The van der Waals surface area contributed by atoms with Crippen LogP contribution in [0.1, 0.15) is 13.3 Å². The maximum Gasteiger partial charge on any atom is 0.321 e. The molecule has 0 saturated heterocycles. The second-order valence-corrected chi connectivity index (χ2v) is 5.35. The minimum Gasteiger partial charge on any atom is -0.492 e. The highest BCUT2D eigenvalue weighted by atomic mass is 35.5. The first-order valence-electron chi connectivity index (χ1n) is 7.70. The molecule has 2 aromatic carbocycles. The fourth-order valence-corrected chi connectivity index (χ4v) is 2.35. The Labute approximate surface area is 142 Å². The summed E-state index contributed by atoms with van der Waals surface area (Å²) in [5, 5.41) is 3.50. The van der Waals surface area contributed by atoms with E-state index in [4.69, 9.17) is 16.3 Å². The highest BCUT2D eigenvalue weighted by Crippen LogP contribution is 2.23. The van der Waals surface area contributed by atoms with Gasteiger partial charge in [-0.2, -0.15) is 0 Å². The van der Waals surface area contributed by atoms with Crippen LogP contribution in [0.15, 0.2) is 54.6 Å². The molecule has 0 saturated carbocycles. The molecular formula is C18H21ClN2O2. The van der Waals surface area contributed by atoms with Crippen LogP contribution in [0.3, 0.4) is 0 Å². The molecule has 2 amide bonds. The molecule has 0 aliphatic carbocycles. The highest BCUT2D eigenvalue weighted by Gasteiger charge is 2.12. The van der Waals surface area contributed by atoms with Crippen molar-refractivity contribution in [3.8, 4) is 5.75 Å². The molecule has 0 atom stereocenters. The summed E-state index contributed by atoms with van der Waals surface area (Å²) in [6.45, 7) is 3.62. The smallest absolute Gasteiger partial charge is 0.321 e. The number of nitrogens with one attached hydrogen (secondary N) is 1. The van der Waals surface area contributed by atoms with E-state index in [1.54, 1.807) is 11.0 Å². The zero-order valence-electron chi connectivity index (χ0n) is 13.2. The van der Waals surface area contributed by atoms with Gasteiger partial charge in [-0.15, -0.1) is 0 Å². The van der Waals surface area contributed by atoms with Crippen LogP contribution in [0.4, 0.5) is 10.5 Å². The van der Waals surface area contributed by atoms with Gasteiger partial charge in [0.25, 0.3) is 0 Å². The second kappa shape index (κ2) is 9.06. The summed E-state index contributed by atoms with van der Waals surface area (Å²) in [7, 11) is 0. The lowest BCUT2D eigenvalue weighted by Crippen LogP contribution is -2.40. The number of urea groups is 1. The van der Waals surface area contributed by atoms with Gasteiger partial charge >= 0.3 is 6.03 Å². The third-order valence-corrected chi connectivity index (χ3v) is 3.63. The first kappa shape index (κ1) is 17.2. The minimum absolute atomic E-state index is 0.101. The molecule has 0 unspecified atom stereocenters. The molecule has 0 spiro atoms. The number of hydrogen-bond acceptors (Lipinski definition) is 2. The Kier molecular flexibility index (Phi) is 6.76. The van der Waals surface area contributed by atoms with E-state index >= 15 is 0 Å². The van der Waals surface area contributed by atoms with E-state index in [1.807, 2.05) is 55.5 Å². The fourth-order valence-electron chi connectivity index (χ4n) is 2.16. The molecule has 0 bridgehead atoms. The fraction of sp³-hybridized carbons (Fsp3) is 0.278. The first-order chi connectivity index (χ1) is 11.2. The van der Waals surface area contributed by atoms with Crippen molar-refractivity contribution in [3.05, 3.63) is 59.6 Å². The molecule has 122 valence electrons. The van der Waals surface area contributed by atoms with E-state index in [-0.39, 0.29) is 6.03 Å². The van der Waals surface area contributed by atoms with Crippen molar-refractivity contribution < 1.29 is 9.53 Å². The van der Waals surface area contributed by atoms with Gasteiger partial charge in [-0.3, -0.25) is 4.90 Å². The zero-order valence-corrected chi connectivity index (χ0v) is 13.9. The summed E-state index contributed by atoms with van der Waals surface area (Å²) in [5.41, 5.74) is 0.889. The molecule has 2 aromatic rings. The maximum atomic E-state index is 12.2. The second-order valence-electron chi connectivity index (χ2n) is 4.94. The van der Waals surface area contributed by atoms with Crippen LogP contribution in [0.5, 0.6) is 5.75 Å². The molecule has 0 aliphatic heterocycles. The maximum absolute atomic E-state index is 12.2. The molecule has 0 heterocycles. The van der Waals surface area contributed by atoms with Gasteiger partial charge < -0.3 is 10.1 Å². The van der Waals surface area contributed by atoms with Crippen molar-refractivity contribution in [2.24, 2.45) is 0 Å². The molecule has 2 rings (SSSR count). The van der Waals surface area contributed by atoms with Gasteiger partial charge in [0.05, 0.1) is 11.6 Å². The average molecular weight is 333 g/mol. The van der Waals surface area contributed by atoms with E-state index in [1.165, 1.54) is 0 Å². The molecule has 0 radical (unpaired) electrons. The number of rotatable bonds is 7. The summed E-state index contributed by atoms with van der Waals surface area (Å²) in [4.78, 5) is 13.9. The summed E-state index contributed by atoms with van der Waals surface area (Å²) >= 11 is 6.01. The Morgan fingerprint density at radius 1 is 1.13 bits per heavy atom. The van der Waals surface area contributed by atoms with Crippen molar-refractivity contribution in [1.82, 2.24) is 5.32 Å². The lowest BCUT2D eigenvalue weighted by molar-refractivity contribution is 0.244. The van der Waals surface area contributed by atoms with Crippen LogP contribution in [0.2, 0.25) is 5.02 Å². The summed E-state index contributed by atoms with van der Waals surface area (Å²) in [6.07, 6.45) is 0.712. The van der Waals surface area contributed by atoms with Crippen LogP contribution in [-0.4, -0.2) is 25.7 Å². The largest absolute Gasteiger partial charge is 0.492 e. The van der Waals surface area contributed by atoms with E-state index in [0.29, 0.717) is 36.9 Å². The Morgan fingerprint density at radius 2 is 1.83 bits per heavy atom. The van der Waals surface area contributed by atoms with Gasteiger partial charge in [0, 0.05) is 18.8 Å².